The van der Waals surface area contributed by atoms with Crippen LogP contribution < -0.4 is 75.7 Å². The molecular formula is C52H75N17O10. The first-order valence-corrected chi connectivity index (χ1v) is 26.5. The molecule has 27 heteroatoms. The number of nitrogens with two attached hydrogens (primary N) is 3. The second-order valence-corrected chi connectivity index (χ2v) is 19.7. The van der Waals surface area contributed by atoms with Crippen LogP contribution in [0.3, 0.4) is 0 Å². The average molecular weight is 1100 g/mol. The molecule has 27 nitrogen and oxygen atoms in total. The first kappa shape index (κ1) is 61.1. The molecule has 0 bridgehead atoms. The molecular weight excluding hydrogens is 1020 g/mol. The number of amides is 10. The van der Waals surface area contributed by atoms with Gasteiger partial charge >= 0.3 is 0 Å². The Hall–Kier alpha value is -8.78. The largest absolute Gasteiger partial charge is 0.370 e. The molecule has 2 unspecified atom stereocenters. The Morgan fingerprint density at radius 2 is 1.27 bits per heavy atom. The molecule has 20 N–H and O–H groups in total. The predicted molar refractivity (Wildman–Crippen MR) is 291 cm³/mol. The lowest BCUT2D eigenvalue weighted by Gasteiger charge is -2.28. The van der Waals surface area contributed by atoms with E-state index in [-0.39, 0.29) is 108 Å². The van der Waals surface area contributed by atoms with Gasteiger partial charge in [-0.05, 0) is 81.4 Å². The van der Waals surface area contributed by atoms with Crippen molar-refractivity contribution >= 4 is 81.9 Å². The highest BCUT2D eigenvalue weighted by atomic mass is 16.2. The van der Waals surface area contributed by atoms with Gasteiger partial charge in [0.05, 0.1) is 0 Å². The van der Waals surface area contributed by atoms with E-state index in [9.17, 15) is 47.9 Å². The van der Waals surface area contributed by atoms with Crippen LogP contribution in [0.25, 0.3) is 10.9 Å². The molecule has 1 aliphatic heterocycles. The molecule has 1 aliphatic carbocycles. The van der Waals surface area contributed by atoms with E-state index < -0.39 is 108 Å². The SMILES string of the molecule is CC(=O)N[C@@H](CCCNC(=N)N)C(=O)N[C@H]1CCC(=O)NCCCC(C(=O)NC2CC2)NC(=O)[C@H](Cc2c[nH]c3ccccc23)NC(=O)[C@H](CCCNC(=N)N)NC(=O)C(Cc2ccccc2)NC(=O)[C@H](CCC(N)=O)NC1=O. The maximum absolute atomic E-state index is 14.7. The summed E-state index contributed by atoms with van der Waals surface area (Å²) in [6, 6.07) is 6.09. The number of aromatic nitrogens is 1. The van der Waals surface area contributed by atoms with Gasteiger partial charge in [-0.1, -0.05) is 48.5 Å². The maximum atomic E-state index is 14.7. The first-order valence-electron chi connectivity index (χ1n) is 26.5. The number of hydrogen-bond acceptors (Lipinski definition) is 12. The highest BCUT2D eigenvalue weighted by Gasteiger charge is 2.36. The summed E-state index contributed by atoms with van der Waals surface area (Å²) in [7, 11) is 0. The number of aromatic amines is 1. The fourth-order valence-corrected chi connectivity index (χ4v) is 8.78. The van der Waals surface area contributed by atoms with E-state index in [2.05, 4.69) is 63.5 Å². The molecule has 0 spiro atoms. The Kier molecular flexibility index (Phi) is 23.8. The number of rotatable bonds is 20. The molecule has 428 valence electrons. The van der Waals surface area contributed by atoms with Crippen LogP contribution in [0.5, 0.6) is 0 Å². The Morgan fingerprint density at radius 3 is 1.92 bits per heavy atom. The van der Waals surface area contributed by atoms with Crippen LogP contribution in [0.4, 0.5) is 0 Å². The van der Waals surface area contributed by atoms with Crippen LogP contribution in [0.1, 0.15) is 95.1 Å². The lowest BCUT2D eigenvalue weighted by atomic mass is 10.0. The van der Waals surface area contributed by atoms with E-state index in [1.165, 1.54) is 6.92 Å². The zero-order valence-corrected chi connectivity index (χ0v) is 44.2. The lowest BCUT2D eigenvalue weighted by molar-refractivity contribution is -0.136. The molecule has 10 amide bonds. The number of para-hydroxylation sites is 1. The quantitative estimate of drug-likeness (QED) is 0.0307. The Labute approximate surface area is 456 Å². The van der Waals surface area contributed by atoms with E-state index in [0.717, 1.165) is 23.7 Å². The van der Waals surface area contributed by atoms with Gasteiger partial charge in [-0.2, -0.15) is 0 Å². The molecule has 1 saturated heterocycles. The van der Waals surface area contributed by atoms with E-state index in [4.69, 9.17) is 28.0 Å². The molecule has 2 fully saturated rings. The van der Waals surface area contributed by atoms with E-state index in [1.54, 1.807) is 36.5 Å². The molecule has 3 aromatic rings. The summed E-state index contributed by atoms with van der Waals surface area (Å²) in [5, 5.41) is 45.5. The number of nitrogens with one attached hydrogen (secondary N) is 14. The van der Waals surface area contributed by atoms with Gasteiger partial charge in [0, 0.05) is 75.4 Å². The van der Waals surface area contributed by atoms with E-state index >= 15 is 0 Å². The normalized spacial score (nSPS) is 21.5. The van der Waals surface area contributed by atoms with Crippen molar-refractivity contribution in [3.8, 4) is 0 Å². The maximum Gasteiger partial charge on any atom is 0.243 e. The number of primary amides is 1. The summed E-state index contributed by atoms with van der Waals surface area (Å²) in [5.74, 6) is -8.31. The smallest absolute Gasteiger partial charge is 0.243 e. The summed E-state index contributed by atoms with van der Waals surface area (Å²) in [6.07, 6.45) is 1.96. The second-order valence-electron chi connectivity index (χ2n) is 19.7. The van der Waals surface area contributed by atoms with Crippen molar-refractivity contribution in [1.82, 2.24) is 63.5 Å². The molecule has 2 aliphatic rings. The number of fused-ring (bicyclic) bond motifs is 1. The van der Waals surface area contributed by atoms with Gasteiger partial charge in [-0.25, -0.2) is 0 Å². The van der Waals surface area contributed by atoms with Crippen LogP contribution in [-0.2, 0) is 60.8 Å². The monoisotopic (exact) mass is 1100 g/mol. The Morgan fingerprint density at radius 1 is 0.671 bits per heavy atom. The standard InChI is InChI=1S/C52H75N17O10/c1-29(70)62-35(14-8-24-59-51(54)55)45(74)67-39-20-22-43(72)58-23-7-15-36(44(73)63-32-17-18-32)64-50(79)41(27-31-28-61-34-13-6-5-12-33(31)34)69-46(75)37(16-9-25-60-52(56)57)65-49(78)40(26-30-10-3-2-4-11-30)68-48(77)38(66-47(39)76)19-21-42(53)71/h2-6,10-13,28,32,35-41,61H,7-9,14-27H2,1H3,(H2,53,71)(H,58,72)(H,62,70)(H,63,73)(H,64,79)(H,65,78)(H,66,76)(H,67,74)(H,68,77)(H,69,75)(H4,54,55,59)(H4,56,57,60)/t35-,36?,37-,38-,39-,40?,41-/m0/s1. The van der Waals surface area contributed by atoms with Gasteiger partial charge in [0.2, 0.25) is 59.1 Å². The van der Waals surface area contributed by atoms with Crippen LogP contribution in [-0.4, -0.2) is 144 Å². The molecule has 2 aromatic carbocycles. The number of H-pyrrole nitrogens is 1. The number of guanidine groups is 2. The van der Waals surface area contributed by atoms with Gasteiger partial charge in [0.25, 0.3) is 0 Å². The van der Waals surface area contributed by atoms with Crippen molar-refractivity contribution < 1.29 is 47.9 Å². The van der Waals surface area contributed by atoms with Crippen LogP contribution in [0.15, 0.2) is 60.8 Å². The Bertz CT molecular complexity index is 2660. The molecule has 1 saturated carbocycles. The zero-order valence-electron chi connectivity index (χ0n) is 44.2. The third-order valence-electron chi connectivity index (χ3n) is 13.1. The molecule has 5 rings (SSSR count). The van der Waals surface area contributed by atoms with Crippen LogP contribution >= 0.6 is 0 Å². The first-order chi connectivity index (χ1) is 37.8. The predicted octanol–water partition coefficient (Wildman–Crippen LogP) is -2.87. The zero-order chi connectivity index (χ0) is 57.4. The van der Waals surface area contributed by atoms with Crippen molar-refractivity contribution in [2.75, 3.05) is 19.6 Å². The summed E-state index contributed by atoms with van der Waals surface area (Å²) < 4.78 is 0. The van der Waals surface area contributed by atoms with Gasteiger partial charge in [-0.3, -0.25) is 58.8 Å². The van der Waals surface area contributed by atoms with E-state index in [0.29, 0.717) is 11.1 Å². The minimum Gasteiger partial charge on any atom is -0.370 e. The summed E-state index contributed by atoms with van der Waals surface area (Å²) in [4.78, 5) is 142. The second kappa shape index (κ2) is 30.8. The lowest BCUT2D eigenvalue weighted by Crippen LogP contribution is -2.60. The molecule has 0 radical (unpaired) electrons. The van der Waals surface area contributed by atoms with Gasteiger partial charge in [-0.15, -0.1) is 0 Å². The number of hydrogen-bond donors (Lipinski definition) is 17. The molecule has 7 atom stereocenters. The molecule has 1 aromatic heterocycles. The van der Waals surface area contributed by atoms with Gasteiger partial charge < -0.3 is 80.7 Å². The van der Waals surface area contributed by atoms with Crippen molar-refractivity contribution in [3.63, 3.8) is 0 Å². The van der Waals surface area contributed by atoms with Crippen molar-refractivity contribution in [1.29, 1.82) is 10.8 Å². The topological polar surface area (TPSA) is 445 Å². The third-order valence-corrected chi connectivity index (χ3v) is 13.1. The van der Waals surface area contributed by atoms with Crippen molar-refractivity contribution in [2.45, 2.75) is 145 Å². The van der Waals surface area contributed by atoms with Gasteiger partial charge in [0.1, 0.15) is 42.3 Å². The van der Waals surface area contributed by atoms with Crippen LogP contribution in [0, 0.1) is 10.8 Å². The third kappa shape index (κ3) is 21.3. The fourth-order valence-electron chi connectivity index (χ4n) is 8.78. The molecule has 2 heterocycles. The Balaban J connectivity index is 1.54. The highest BCUT2D eigenvalue weighted by Crippen LogP contribution is 2.21. The average Bonchev–Trinajstić information content (AvgIpc) is 4.14. The number of benzene rings is 2. The number of carbonyl (C=O) groups excluding carboxylic acids is 10. The minimum absolute atomic E-state index is 0.00107. The van der Waals surface area contributed by atoms with Crippen molar-refractivity contribution in [3.05, 3.63) is 71.9 Å². The van der Waals surface area contributed by atoms with Crippen molar-refractivity contribution in [2.24, 2.45) is 17.2 Å². The minimum atomic E-state index is -1.59. The summed E-state index contributed by atoms with van der Waals surface area (Å²) in [6.45, 7) is 1.45. The van der Waals surface area contributed by atoms with E-state index in [1.807, 2.05) is 24.3 Å². The number of carbonyl (C=O) groups is 10. The van der Waals surface area contributed by atoms with Crippen LogP contribution in [0.2, 0.25) is 0 Å². The van der Waals surface area contributed by atoms with Gasteiger partial charge in [0.15, 0.2) is 11.9 Å². The molecule has 79 heavy (non-hydrogen) atoms. The summed E-state index contributed by atoms with van der Waals surface area (Å²) >= 11 is 0. The highest BCUT2D eigenvalue weighted by molar-refractivity contribution is 5.98. The summed E-state index contributed by atoms with van der Waals surface area (Å²) in [5.41, 5.74) is 18.4. The fraction of sp³-hybridized carbons (Fsp3) is 0.500.